The summed E-state index contributed by atoms with van der Waals surface area (Å²) in [5.74, 6) is 0.892. The standard InChI is InChI=1S/C19H31N3O.HI/c1-4-19(11-6-12-19)15-22-18(20-3)21-13-16-7-9-17(10-8-16)14-23-5-2;/h7-10H,4-6,11-15H2,1-3H3,(H2,20,21,22);1H. The van der Waals surface area contributed by atoms with Crippen LogP contribution in [0.1, 0.15) is 50.7 Å². The normalized spacial score (nSPS) is 16.0. The van der Waals surface area contributed by atoms with Crippen LogP contribution in [0.25, 0.3) is 0 Å². The fourth-order valence-corrected chi connectivity index (χ4v) is 2.98. The van der Waals surface area contributed by atoms with Gasteiger partial charge in [0.05, 0.1) is 6.61 Å². The zero-order valence-corrected chi connectivity index (χ0v) is 17.6. The fourth-order valence-electron chi connectivity index (χ4n) is 2.98. The van der Waals surface area contributed by atoms with Crippen molar-refractivity contribution in [2.24, 2.45) is 10.4 Å². The summed E-state index contributed by atoms with van der Waals surface area (Å²) in [5.41, 5.74) is 2.97. The molecule has 1 fully saturated rings. The van der Waals surface area contributed by atoms with Crippen molar-refractivity contribution in [3.63, 3.8) is 0 Å². The molecule has 1 saturated carbocycles. The van der Waals surface area contributed by atoms with Crippen LogP contribution in [0.5, 0.6) is 0 Å². The summed E-state index contributed by atoms with van der Waals surface area (Å²) in [4.78, 5) is 4.33. The van der Waals surface area contributed by atoms with Gasteiger partial charge in [-0.15, -0.1) is 24.0 Å². The first-order valence-corrected chi connectivity index (χ1v) is 8.81. The van der Waals surface area contributed by atoms with E-state index in [1.165, 1.54) is 36.8 Å². The van der Waals surface area contributed by atoms with Crippen molar-refractivity contribution in [3.8, 4) is 0 Å². The molecule has 0 saturated heterocycles. The Bertz CT molecular complexity index is 492. The van der Waals surface area contributed by atoms with Crippen LogP contribution in [0.4, 0.5) is 0 Å². The third-order valence-corrected chi connectivity index (χ3v) is 4.97. The summed E-state index contributed by atoms with van der Waals surface area (Å²) < 4.78 is 5.42. The maximum absolute atomic E-state index is 5.42. The lowest BCUT2D eigenvalue weighted by Crippen LogP contribution is -2.46. The molecule has 2 rings (SSSR count). The molecule has 4 nitrogen and oxygen atoms in total. The maximum Gasteiger partial charge on any atom is 0.191 e. The molecule has 0 spiro atoms. The highest BCUT2D eigenvalue weighted by molar-refractivity contribution is 14.0. The van der Waals surface area contributed by atoms with Gasteiger partial charge >= 0.3 is 0 Å². The maximum atomic E-state index is 5.42. The number of aliphatic imine (C=N–C) groups is 1. The largest absolute Gasteiger partial charge is 0.377 e. The molecular formula is C19H32IN3O. The first kappa shape index (κ1) is 21.2. The Morgan fingerprint density at radius 2 is 1.79 bits per heavy atom. The molecule has 0 amide bonds. The molecule has 5 heteroatoms. The fraction of sp³-hybridized carbons (Fsp3) is 0.632. The third kappa shape index (κ3) is 6.24. The Hall–Kier alpha value is -0.820. The molecule has 1 aromatic rings. The molecule has 0 aromatic heterocycles. The number of nitrogens with one attached hydrogen (secondary N) is 2. The number of guanidine groups is 1. The van der Waals surface area contributed by atoms with Gasteiger partial charge in [-0.2, -0.15) is 0 Å². The Labute approximate surface area is 163 Å². The zero-order valence-electron chi connectivity index (χ0n) is 15.2. The molecule has 1 aliphatic carbocycles. The molecular weight excluding hydrogens is 413 g/mol. The number of nitrogens with zero attached hydrogens (tertiary/aromatic N) is 1. The highest BCUT2D eigenvalue weighted by atomic mass is 127. The summed E-state index contributed by atoms with van der Waals surface area (Å²) in [7, 11) is 1.83. The quantitative estimate of drug-likeness (QED) is 0.360. The molecule has 1 aliphatic rings. The predicted molar refractivity (Wildman–Crippen MR) is 112 cm³/mol. The second-order valence-corrected chi connectivity index (χ2v) is 6.44. The Morgan fingerprint density at radius 1 is 1.12 bits per heavy atom. The van der Waals surface area contributed by atoms with Crippen molar-refractivity contribution < 1.29 is 4.74 Å². The lowest BCUT2D eigenvalue weighted by molar-refractivity contribution is 0.131. The van der Waals surface area contributed by atoms with Crippen LogP contribution >= 0.6 is 24.0 Å². The van der Waals surface area contributed by atoms with E-state index in [-0.39, 0.29) is 24.0 Å². The van der Waals surface area contributed by atoms with E-state index in [2.05, 4.69) is 46.8 Å². The Balaban J connectivity index is 0.00000288. The van der Waals surface area contributed by atoms with E-state index >= 15 is 0 Å². The van der Waals surface area contributed by atoms with Crippen LogP contribution in [-0.2, 0) is 17.9 Å². The van der Waals surface area contributed by atoms with Crippen LogP contribution in [0.3, 0.4) is 0 Å². The number of rotatable bonds is 8. The lowest BCUT2D eigenvalue weighted by atomic mass is 9.67. The molecule has 1 aromatic carbocycles. The molecule has 0 unspecified atom stereocenters. The smallest absolute Gasteiger partial charge is 0.191 e. The molecule has 0 atom stereocenters. The number of benzene rings is 1. The van der Waals surface area contributed by atoms with Gasteiger partial charge in [-0.1, -0.05) is 37.6 Å². The second kappa shape index (κ2) is 10.9. The van der Waals surface area contributed by atoms with Gasteiger partial charge in [-0.3, -0.25) is 4.99 Å². The van der Waals surface area contributed by atoms with Crippen molar-refractivity contribution in [1.29, 1.82) is 0 Å². The molecule has 0 bridgehead atoms. The van der Waals surface area contributed by atoms with Gasteiger partial charge in [-0.05, 0) is 42.7 Å². The second-order valence-electron chi connectivity index (χ2n) is 6.44. The number of hydrogen-bond donors (Lipinski definition) is 2. The van der Waals surface area contributed by atoms with Gasteiger partial charge in [0.1, 0.15) is 0 Å². The zero-order chi connectivity index (χ0) is 16.5. The third-order valence-electron chi connectivity index (χ3n) is 4.97. The highest BCUT2D eigenvalue weighted by Crippen LogP contribution is 2.42. The van der Waals surface area contributed by atoms with Crippen molar-refractivity contribution in [2.45, 2.75) is 52.7 Å². The van der Waals surface area contributed by atoms with Crippen molar-refractivity contribution in [1.82, 2.24) is 10.6 Å². The van der Waals surface area contributed by atoms with Crippen LogP contribution in [-0.4, -0.2) is 26.2 Å². The van der Waals surface area contributed by atoms with E-state index in [0.717, 1.165) is 25.7 Å². The predicted octanol–water partition coefficient (Wildman–Crippen LogP) is 4.09. The van der Waals surface area contributed by atoms with Gasteiger partial charge in [-0.25, -0.2) is 0 Å². The van der Waals surface area contributed by atoms with Crippen LogP contribution in [0, 0.1) is 5.41 Å². The van der Waals surface area contributed by atoms with E-state index in [4.69, 9.17) is 4.74 Å². The summed E-state index contributed by atoms with van der Waals surface area (Å²) in [5, 5.41) is 6.89. The number of hydrogen-bond acceptors (Lipinski definition) is 2. The minimum atomic E-state index is 0. The van der Waals surface area contributed by atoms with Crippen molar-refractivity contribution in [3.05, 3.63) is 35.4 Å². The van der Waals surface area contributed by atoms with Gasteiger partial charge in [0.15, 0.2) is 5.96 Å². The number of halogens is 1. The molecule has 24 heavy (non-hydrogen) atoms. The molecule has 136 valence electrons. The minimum Gasteiger partial charge on any atom is -0.377 e. The summed E-state index contributed by atoms with van der Waals surface area (Å²) in [6.07, 6.45) is 5.30. The SMILES string of the molecule is CCOCc1ccc(CNC(=NC)NCC2(CC)CCC2)cc1.I. The van der Waals surface area contributed by atoms with Gasteiger partial charge in [0.2, 0.25) is 0 Å². The summed E-state index contributed by atoms with van der Waals surface area (Å²) in [6, 6.07) is 8.55. The minimum absolute atomic E-state index is 0. The van der Waals surface area contributed by atoms with Crippen molar-refractivity contribution >= 4 is 29.9 Å². The Kier molecular flexibility index (Phi) is 9.66. The summed E-state index contributed by atoms with van der Waals surface area (Å²) >= 11 is 0. The first-order valence-electron chi connectivity index (χ1n) is 8.81. The highest BCUT2D eigenvalue weighted by Gasteiger charge is 2.34. The molecule has 0 aliphatic heterocycles. The van der Waals surface area contributed by atoms with Gasteiger partial charge < -0.3 is 15.4 Å². The van der Waals surface area contributed by atoms with E-state index in [9.17, 15) is 0 Å². The molecule has 0 radical (unpaired) electrons. The average molecular weight is 445 g/mol. The molecule has 2 N–H and O–H groups in total. The van der Waals surface area contributed by atoms with Crippen molar-refractivity contribution in [2.75, 3.05) is 20.2 Å². The van der Waals surface area contributed by atoms with E-state index in [1.807, 2.05) is 14.0 Å². The van der Waals surface area contributed by atoms with E-state index in [1.54, 1.807) is 0 Å². The van der Waals surface area contributed by atoms with Gasteiger partial charge in [0, 0.05) is 26.7 Å². The first-order chi connectivity index (χ1) is 11.2. The van der Waals surface area contributed by atoms with Crippen LogP contribution < -0.4 is 10.6 Å². The van der Waals surface area contributed by atoms with E-state index < -0.39 is 0 Å². The number of ether oxygens (including phenoxy) is 1. The summed E-state index contributed by atoms with van der Waals surface area (Å²) in [6.45, 7) is 7.56. The average Bonchev–Trinajstić information content (AvgIpc) is 2.56. The topological polar surface area (TPSA) is 45.6 Å². The van der Waals surface area contributed by atoms with Crippen LogP contribution in [0.15, 0.2) is 29.3 Å². The monoisotopic (exact) mass is 445 g/mol. The lowest BCUT2D eigenvalue weighted by Gasteiger charge is -2.41. The van der Waals surface area contributed by atoms with Gasteiger partial charge in [0.25, 0.3) is 0 Å². The molecule has 0 heterocycles. The Morgan fingerprint density at radius 3 is 2.29 bits per heavy atom. The van der Waals surface area contributed by atoms with E-state index in [0.29, 0.717) is 12.0 Å². The van der Waals surface area contributed by atoms with Crippen LogP contribution in [0.2, 0.25) is 0 Å².